The molecule has 0 aliphatic heterocycles. The topological polar surface area (TPSA) is 58.2 Å². The van der Waals surface area contributed by atoms with Gasteiger partial charge in [0, 0.05) is 25.9 Å². The van der Waals surface area contributed by atoms with Crippen LogP contribution in [0.15, 0.2) is 12.7 Å². The summed E-state index contributed by atoms with van der Waals surface area (Å²) in [5.74, 6) is 0.255. The second-order valence-electron chi connectivity index (χ2n) is 5.31. The summed E-state index contributed by atoms with van der Waals surface area (Å²) >= 11 is 0. The Bertz CT molecular complexity index is 267. The van der Waals surface area contributed by atoms with Crippen LogP contribution >= 0.6 is 0 Å². The van der Waals surface area contributed by atoms with Gasteiger partial charge in [0.15, 0.2) is 0 Å². The smallest absolute Gasteiger partial charge is 0.315 e. The Morgan fingerprint density at radius 1 is 1.24 bits per heavy atom. The van der Waals surface area contributed by atoms with E-state index in [2.05, 4.69) is 17.2 Å². The van der Waals surface area contributed by atoms with E-state index in [1.807, 2.05) is 20.8 Å². The van der Waals surface area contributed by atoms with Gasteiger partial charge in [0.1, 0.15) is 5.78 Å². The van der Waals surface area contributed by atoms with Gasteiger partial charge in [-0.1, -0.05) is 26.8 Å². The van der Waals surface area contributed by atoms with Gasteiger partial charge in [-0.05, 0) is 11.8 Å². The van der Waals surface area contributed by atoms with Crippen LogP contribution in [0.3, 0.4) is 0 Å². The molecule has 98 valence electrons. The number of carbonyl (C=O) groups is 2. The van der Waals surface area contributed by atoms with E-state index < -0.39 is 0 Å². The molecule has 0 aromatic heterocycles. The molecule has 17 heavy (non-hydrogen) atoms. The summed E-state index contributed by atoms with van der Waals surface area (Å²) in [6.07, 6.45) is 3.43. The highest BCUT2D eigenvalue weighted by molar-refractivity contribution is 5.79. The second-order valence-corrected chi connectivity index (χ2v) is 5.31. The first-order chi connectivity index (χ1) is 7.85. The van der Waals surface area contributed by atoms with Crippen LogP contribution in [0.4, 0.5) is 4.79 Å². The van der Waals surface area contributed by atoms with E-state index in [1.165, 1.54) is 0 Å². The van der Waals surface area contributed by atoms with Crippen LogP contribution in [0, 0.1) is 5.41 Å². The van der Waals surface area contributed by atoms with Crippen molar-refractivity contribution in [2.24, 2.45) is 5.41 Å². The lowest BCUT2D eigenvalue weighted by Gasteiger charge is -2.16. The van der Waals surface area contributed by atoms with Crippen LogP contribution in [0.2, 0.25) is 0 Å². The van der Waals surface area contributed by atoms with Crippen LogP contribution in [0.5, 0.6) is 0 Å². The highest BCUT2D eigenvalue weighted by Crippen LogP contribution is 2.19. The number of urea groups is 1. The average Bonchev–Trinajstić information content (AvgIpc) is 2.19. The van der Waals surface area contributed by atoms with E-state index in [0.29, 0.717) is 32.4 Å². The average molecular weight is 240 g/mol. The predicted molar refractivity (Wildman–Crippen MR) is 69.9 cm³/mol. The molecule has 0 radical (unpaired) electrons. The van der Waals surface area contributed by atoms with Crippen LogP contribution < -0.4 is 10.6 Å². The van der Waals surface area contributed by atoms with Crippen molar-refractivity contribution in [3.63, 3.8) is 0 Å². The second kappa shape index (κ2) is 7.87. The van der Waals surface area contributed by atoms with Gasteiger partial charge < -0.3 is 10.6 Å². The predicted octanol–water partition coefficient (Wildman–Crippen LogP) is 2.26. The lowest BCUT2D eigenvalue weighted by Crippen LogP contribution is -2.36. The van der Waals surface area contributed by atoms with Crippen molar-refractivity contribution < 1.29 is 9.59 Å². The summed E-state index contributed by atoms with van der Waals surface area (Å²) < 4.78 is 0. The van der Waals surface area contributed by atoms with Crippen molar-refractivity contribution in [2.45, 2.75) is 40.0 Å². The number of nitrogens with one attached hydrogen (secondary N) is 2. The van der Waals surface area contributed by atoms with Crippen LogP contribution in [-0.2, 0) is 4.79 Å². The van der Waals surface area contributed by atoms with Gasteiger partial charge >= 0.3 is 6.03 Å². The van der Waals surface area contributed by atoms with Crippen molar-refractivity contribution >= 4 is 11.8 Å². The Kier molecular flexibility index (Phi) is 7.26. The molecule has 4 heteroatoms. The molecule has 0 aromatic rings. The largest absolute Gasteiger partial charge is 0.338 e. The molecule has 0 rings (SSSR count). The lowest BCUT2D eigenvalue weighted by atomic mass is 9.89. The number of hydrogen-bond donors (Lipinski definition) is 2. The summed E-state index contributed by atoms with van der Waals surface area (Å²) in [4.78, 5) is 22.7. The van der Waals surface area contributed by atoms with E-state index in [9.17, 15) is 9.59 Å². The minimum absolute atomic E-state index is 0.0475. The number of ketones is 1. The Balaban J connectivity index is 3.54. The number of hydrogen-bond acceptors (Lipinski definition) is 2. The molecule has 0 bridgehead atoms. The maximum absolute atomic E-state index is 11.5. The maximum Gasteiger partial charge on any atom is 0.315 e. The minimum Gasteiger partial charge on any atom is -0.338 e. The molecule has 0 saturated carbocycles. The lowest BCUT2D eigenvalue weighted by molar-refractivity contribution is -0.120. The normalized spacial score (nSPS) is 10.8. The Morgan fingerprint density at radius 2 is 1.88 bits per heavy atom. The molecular formula is C13H24N2O2. The van der Waals surface area contributed by atoms with Gasteiger partial charge in [0.25, 0.3) is 0 Å². The van der Waals surface area contributed by atoms with Crippen LogP contribution in [0.1, 0.15) is 40.0 Å². The van der Waals surface area contributed by atoms with E-state index in [4.69, 9.17) is 0 Å². The zero-order valence-corrected chi connectivity index (χ0v) is 11.1. The highest BCUT2D eigenvalue weighted by Gasteiger charge is 2.15. The van der Waals surface area contributed by atoms with Gasteiger partial charge in [-0.25, -0.2) is 4.79 Å². The van der Waals surface area contributed by atoms with E-state index in [0.717, 1.165) is 0 Å². The third-order valence-corrected chi connectivity index (χ3v) is 2.05. The van der Waals surface area contributed by atoms with Crippen molar-refractivity contribution in [1.29, 1.82) is 0 Å². The van der Waals surface area contributed by atoms with Gasteiger partial charge in [-0.3, -0.25) is 4.79 Å². The number of rotatable bonds is 7. The van der Waals surface area contributed by atoms with Gasteiger partial charge in [-0.2, -0.15) is 0 Å². The van der Waals surface area contributed by atoms with Gasteiger partial charge in [-0.15, -0.1) is 6.58 Å². The molecule has 0 spiro atoms. The first kappa shape index (κ1) is 15.7. The number of carbonyl (C=O) groups excluding carboxylic acids is 2. The molecule has 0 atom stereocenters. The molecule has 0 unspecified atom stereocenters. The summed E-state index contributed by atoms with van der Waals surface area (Å²) in [7, 11) is 0. The standard InChI is InChI=1S/C13H24N2O2/c1-5-8-14-12(17)15-9-6-7-11(16)10-13(2,3)4/h5H,1,6-10H2,2-4H3,(H2,14,15,17). The SMILES string of the molecule is C=CCNC(=O)NCCCC(=O)CC(C)(C)C. The molecular weight excluding hydrogens is 216 g/mol. The summed E-state index contributed by atoms with van der Waals surface area (Å²) in [5, 5.41) is 5.29. The fourth-order valence-corrected chi connectivity index (χ4v) is 1.39. The van der Waals surface area contributed by atoms with Gasteiger partial charge in [0.2, 0.25) is 0 Å². The molecule has 0 saturated heterocycles. The highest BCUT2D eigenvalue weighted by atomic mass is 16.2. The molecule has 0 aliphatic rings. The zero-order valence-electron chi connectivity index (χ0n) is 11.1. The zero-order chi connectivity index (χ0) is 13.3. The quantitative estimate of drug-likeness (QED) is 0.529. The van der Waals surface area contributed by atoms with Crippen LogP contribution in [-0.4, -0.2) is 24.9 Å². The Morgan fingerprint density at radius 3 is 2.41 bits per heavy atom. The monoisotopic (exact) mass is 240 g/mol. The minimum atomic E-state index is -0.215. The molecule has 4 nitrogen and oxygen atoms in total. The van der Waals surface area contributed by atoms with Gasteiger partial charge in [0.05, 0.1) is 0 Å². The number of Topliss-reactive ketones (excluding diaryl/α,β-unsaturated/α-hetero) is 1. The Labute approximate surface area is 104 Å². The van der Waals surface area contributed by atoms with Crippen molar-refractivity contribution in [3.8, 4) is 0 Å². The van der Waals surface area contributed by atoms with Crippen molar-refractivity contribution in [1.82, 2.24) is 10.6 Å². The van der Waals surface area contributed by atoms with Crippen molar-refractivity contribution in [2.75, 3.05) is 13.1 Å². The first-order valence-electron chi connectivity index (χ1n) is 5.99. The number of amides is 2. The molecule has 0 aromatic carbocycles. The summed E-state index contributed by atoms with van der Waals surface area (Å²) in [6.45, 7) is 10.6. The fourth-order valence-electron chi connectivity index (χ4n) is 1.39. The molecule has 0 heterocycles. The molecule has 2 N–H and O–H groups in total. The van der Waals surface area contributed by atoms with E-state index in [-0.39, 0.29) is 17.2 Å². The van der Waals surface area contributed by atoms with E-state index in [1.54, 1.807) is 6.08 Å². The third kappa shape index (κ3) is 11.0. The van der Waals surface area contributed by atoms with E-state index >= 15 is 0 Å². The van der Waals surface area contributed by atoms with Crippen LogP contribution in [0.25, 0.3) is 0 Å². The maximum atomic E-state index is 11.5. The molecule has 0 fully saturated rings. The molecule has 2 amide bonds. The fraction of sp³-hybridized carbons (Fsp3) is 0.692. The molecule has 0 aliphatic carbocycles. The van der Waals surface area contributed by atoms with Crippen molar-refractivity contribution in [3.05, 3.63) is 12.7 Å². The third-order valence-electron chi connectivity index (χ3n) is 2.05. The summed E-state index contributed by atoms with van der Waals surface area (Å²) in [5.41, 5.74) is 0.0475. The summed E-state index contributed by atoms with van der Waals surface area (Å²) in [6, 6.07) is -0.215. The first-order valence-corrected chi connectivity index (χ1v) is 5.99. The Hall–Kier alpha value is -1.32.